The van der Waals surface area contributed by atoms with Crippen LogP contribution in [0.4, 0.5) is 8.78 Å². The van der Waals surface area contributed by atoms with Crippen LogP contribution in [0.15, 0.2) is 60.2 Å². The van der Waals surface area contributed by atoms with Crippen LogP contribution in [-0.4, -0.2) is 70.0 Å². The minimum Gasteiger partial charge on any atom is -0.508 e. The first kappa shape index (κ1) is 28.8. The predicted molar refractivity (Wildman–Crippen MR) is 138 cm³/mol. The molecule has 1 aliphatic heterocycles. The summed E-state index contributed by atoms with van der Waals surface area (Å²) in [6.07, 6.45) is -1.07. The molecule has 3 atom stereocenters. The molecule has 8 nitrogen and oxygen atoms in total. The fourth-order valence-electron chi connectivity index (χ4n) is 4.32. The number of nitrogens with one attached hydrogen (secondary N) is 2. The van der Waals surface area contributed by atoms with Crippen LogP contribution in [0, 0.1) is 6.92 Å². The molecule has 3 rings (SSSR count). The quantitative estimate of drug-likeness (QED) is 0.373. The van der Waals surface area contributed by atoms with Crippen molar-refractivity contribution in [2.75, 3.05) is 13.1 Å². The van der Waals surface area contributed by atoms with Gasteiger partial charge in [-0.1, -0.05) is 48.0 Å². The maximum atomic E-state index is 14.4. The maximum Gasteiger partial charge on any atom is 0.267 e. The number of carbonyl (C=O) groups excluding carboxylic acids is 3. The average molecular weight is 530 g/mol. The van der Waals surface area contributed by atoms with Crippen LogP contribution in [0.25, 0.3) is 0 Å². The standard InChI is InChI=1S/C28H33F2N3O5/c1-17(2)12-13-31-26(37)22-15-28(29,30)16-33(22)27(38)24(35)21(14-19-8-5-4-6-9-19)32-25(36)20-10-7-11-23(34)18(20)3/h4-12,21-22,24,34-35H,13-16H2,1-3H3,(H,31,37)(H,32,36)/t21?,22?,24-/m0/s1. The Hall–Kier alpha value is -3.79. The molecule has 2 aromatic rings. The van der Waals surface area contributed by atoms with Crippen LogP contribution in [-0.2, 0) is 16.0 Å². The summed E-state index contributed by atoms with van der Waals surface area (Å²) >= 11 is 0. The molecule has 0 aliphatic carbocycles. The average Bonchev–Trinajstić information content (AvgIpc) is 3.20. The number of halogens is 2. The molecule has 1 aliphatic rings. The van der Waals surface area contributed by atoms with Crippen molar-refractivity contribution in [3.05, 3.63) is 76.9 Å². The van der Waals surface area contributed by atoms with E-state index in [1.807, 2.05) is 13.8 Å². The van der Waals surface area contributed by atoms with Gasteiger partial charge in [0.15, 0.2) is 6.10 Å². The number of carbonyl (C=O) groups is 3. The molecule has 1 fully saturated rings. The van der Waals surface area contributed by atoms with Gasteiger partial charge in [-0.15, -0.1) is 0 Å². The number of phenols is 1. The van der Waals surface area contributed by atoms with Gasteiger partial charge in [0.1, 0.15) is 11.8 Å². The van der Waals surface area contributed by atoms with E-state index in [0.717, 1.165) is 5.57 Å². The van der Waals surface area contributed by atoms with Crippen molar-refractivity contribution in [3.63, 3.8) is 0 Å². The summed E-state index contributed by atoms with van der Waals surface area (Å²) in [6, 6.07) is 10.4. The molecule has 0 bridgehead atoms. The first-order valence-electron chi connectivity index (χ1n) is 12.3. The van der Waals surface area contributed by atoms with Gasteiger partial charge in [-0.3, -0.25) is 14.4 Å². The third-order valence-electron chi connectivity index (χ3n) is 6.44. The second kappa shape index (κ2) is 12.2. The summed E-state index contributed by atoms with van der Waals surface area (Å²) < 4.78 is 28.8. The molecule has 0 radical (unpaired) electrons. The van der Waals surface area contributed by atoms with Gasteiger partial charge >= 0.3 is 0 Å². The summed E-state index contributed by atoms with van der Waals surface area (Å²) in [5, 5.41) is 26.2. The molecule has 0 aromatic heterocycles. The first-order chi connectivity index (χ1) is 17.9. The van der Waals surface area contributed by atoms with Crippen molar-refractivity contribution < 1.29 is 33.4 Å². The lowest BCUT2D eigenvalue weighted by atomic mass is 9.98. The molecule has 10 heteroatoms. The zero-order valence-corrected chi connectivity index (χ0v) is 21.6. The van der Waals surface area contributed by atoms with Crippen LogP contribution >= 0.6 is 0 Å². The summed E-state index contributed by atoms with van der Waals surface area (Å²) in [5.74, 6) is -5.91. The summed E-state index contributed by atoms with van der Waals surface area (Å²) in [6.45, 7) is 4.27. The van der Waals surface area contributed by atoms with E-state index in [1.54, 1.807) is 43.3 Å². The van der Waals surface area contributed by atoms with E-state index in [4.69, 9.17) is 0 Å². The highest BCUT2D eigenvalue weighted by molar-refractivity contribution is 5.97. The lowest BCUT2D eigenvalue weighted by molar-refractivity contribution is -0.147. The first-order valence-corrected chi connectivity index (χ1v) is 12.3. The predicted octanol–water partition coefficient (Wildman–Crippen LogP) is 2.72. The van der Waals surface area contributed by atoms with E-state index in [-0.39, 0.29) is 24.3 Å². The Balaban J connectivity index is 1.86. The van der Waals surface area contributed by atoms with Crippen molar-refractivity contribution in [2.24, 2.45) is 0 Å². The van der Waals surface area contributed by atoms with Gasteiger partial charge in [-0.05, 0) is 44.9 Å². The van der Waals surface area contributed by atoms with Crippen molar-refractivity contribution in [3.8, 4) is 5.75 Å². The third kappa shape index (κ3) is 7.16. The number of benzene rings is 2. The second-order valence-electron chi connectivity index (χ2n) is 9.73. The van der Waals surface area contributed by atoms with Gasteiger partial charge in [0.2, 0.25) is 5.91 Å². The number of amides is 3. The maximum absolute atomic E-state index is 14.4. The molecule has 204 valence electrons. The number of allylic oxidation sites excluding steroid dienone is 1. The number of rotatable bonds is 9. The fourth-order valence-corrected chi connectivity index (χ4v) is 4.32. The van der Waals surface area contributed by atoms with Crippen molar-refractivity contribution in [1.82, 2.24) is 15.5 Å². The molecule has 1 saturated heterocycles. The number of hydrogen-bond donors (Lipinski definition) is 4. The van der Waals surface area contributed by atoms with Crippen LogP contribution in [0.3, 0.4) is 0 Å². The zero-order valence-electron chi connectivity index (χ0n) is 21.6. The number of nitrogens with zero attached hydrogens (tertiary/aromatic N) is 1. The minimum absolute atomic E-state index is 0.0129. The number of hydrogen-bond acceptors (Lipinski definition) is 5. The van der Waals surface area contributed by atoms with Gasteiger partial charge in [-0.25, -0.2) is 8.78 Å². The van der Waals surface area contributed by atoms with E-state index >= 15 is 0 Å². The van der Waals surface area contributed by atoms with Crippen LogP contribution < -0.4 is 10.6 Å². The topological polar surface area (TPSA) is 119 Å². The Labute approximate surface area is 220 Å². The minimum atomic E-state index is -3.31. The van der Waals surface area contributed by atoms with Gasteiger partial charge in [-0.2, -0.15) is 0 Å². The fraction of sp³-hybridized carbons (Fsp3) is 0.393. The number of alkyl halides is 2. The zero-order chi connectivity index (χ0) is 28.0. The SMILES string of the molecule is CC(C)=CCNC(=O)C1CC(F)(F)CN1C(=O)[C@@H](O)C(Cc1ccccc1)NC(=O)c1cccc(O)c1C. The normalized spacial score (nSPS) is 17.8. The van der Waals surface area contributed by atoms with Gasteiger partial charge in [0, 0.05) is 24.1 Å². The van der Waals surface area contributed by atoms with Crippen LogP contribution in [0.2, 0.25) is 0 Å². The van der Waals surface area contributed by atoms with E-state index in [9.17, 15) is 33.4 Å². The Morgan fingerprint density at radius 2 is 1.82 bits per heavy atom. The van der Waals surface area contributed by atoms with Crippen molar-refractivity contribution in [1.29, 1.82) is 0 Å². The smallest absolute Gasteiger partial charge is 0.267 e. The number of phenolic OH excluding ortho intramolecular Hbond substituents is 1. The summed E-state index contributed by atoms with van der Waals surface area (Å²) in [7, 11) is 0. The lowest BCUT2D eigenvalue weighted by Crippen LogP contribution is -2.56. The molecule has 1 heterocycles. The highest BCUT2D eigenvalue weighted by Gasteiger charge is 2.51. The summed E-state index contributed by atoms with van der Waals surface area (Å²) in [5.41, 5.74) is 2.04. The van der Waals surface area contributed by atoms with E-state index in [1.165, 1.54) is 18.2 Å². The van der Waals surface area contributed by atoms with Crippen LogP contribution in [0.1, 0.15) is 41.8 Å². The van der Waals surface area contributed by atoms with E-state index < -0.39 is 54.8 Å². The number of aliphatic hydroxyl groups is 1. The Kier molecular flexibility index (Phi) is 9.22. The molecular weight excluding hydrogens is 496 g/mol. The molecule has 2 unspecified atom stereocenters. The van der Waals surface area contributed by atoms with Crippen molar-refractivity contribution in [2.45, 2.75) is 57.7 Å². The number of aromatic hydroxyl groups is 1. The Bertz CT molecular complexity index is 1200. The molecule has 0 spiro atoms. The molecule has 4 N–H and O–H groups in total. The highest BCUT2D eigenvalue weighted by atomic mass is 19.3. The molecule has 38 heavy (non-hydrogen) atoms. The van der Waals surface area contributed by atoms with Gasteiger partial charge in [0.05, 0.1) is 12.6 Å². The second-order valence-corrected chi connectivity index (χ2v) is 9.73. The van der Waals surface area contributed by atoms with Crippen LogP contribution in [0.5, 0.6) is 5.75 Å². The number of aliphatic hydroxyl groups excluding tert-OH is 1. The number of likely N-dealkylation sites (tertiary alicyclic amines) is 1. The van der Waals surface area contributed by atoms with E-state index in [2.05, 4.69) is 10.6 Å². The van der Waals surface area contributed by atoms with Gasteiger partial charge in [0.25, 0.3) is 17.7 Å². The van der Waals surface area contributed by atoms with E-state index in [0.29, 0.717) is 16.0 Å². The largest absolute Gasteiger partial charge is 0.508 e. The van der Waals surface area contributed by atoms with Gasteiger partial charge < -0.3 is 25.7 Å². The molecular formula is C28H33F2N3O5. The Morgan fingerprint density at radius 3 is 2.47 bits per heavy atom. The summed E-state index contributed by atoms with van der Waals surface area (Å²) in [4.78, 5) is 39.8. The monoisotopic (exact) mass is 529 g/mol. The molecule has 2 aromatic carbocycles. The lowest BCUT2D eigenvalue weighted by Gasteiger charge is -2.30. The third-order valence-corrected chi connectivity index (χ3v) is 6.44. The molecule has 3 amide bonds. The van der Waals surface area contributed by atoms with Crippen molar-refractivity contribution >= 4 is 17.7 Å². The molecule has 0 saturated carbocycles. The highest BCUT2D eigenvalue weighted by Crippen LogP contribution is 2.33. The Morgan fingerprint density at radius 1 is 1.13 bits per heavy atom.